The van der Waals surface area contributed by atoms with Crippen molar-refractivity contribution in [2.24, 2.45) is 0 Å². The average molecular weight is 233 g/mol. The predicted octanol–water partition coefficient (Wildman–Crippen LogP) is 2.30. The van der Waals surface area contributed by atoms with Crippen molar-refractivity contribution in [3.05, 3.63) is 29.8 Å². The maximum Gasteiger partial charge on any atom is 0.220 e. The largest absolute Gasteiger partial charge is 0.491 e. The van der Waals surface area contributed by atoms with Gasteiger partial charge in [-0.1, -0.05) is 31.5 Å². The highest BCUT2D eigenvalue weighted by Crippen LogP contribution is 2.23. The first-order valence-corrected chi connectivity index (χ1v) is 6.29. The van der Waals surface area contributed by atoms with Crippen LogP contribution < -0.4 is 10.1 Å². The van der Waals surface area contributed by atoms with Crippen LogP contribution in [0.4, 0.5) is 0 Å². The van der Waals surface area contributed by atoms with Crippen molar-refractivity contribution >= 4 is 5.91 Å². The van der Waals surface area contributed by atoms with E-state index in [0.717, 1.165) is 25.0 Å². The normalized spacial score (nSPS) is 18.1. The molecule has 1 aromatic carbocycles. The first kappa shape index (κ1) is 12.0. The lowest BCUT2D eigenvalue weighted by Gasteiger charge is -2.26. The molecule has 17 heavy (non-hydrogen) atoms. The van der Waals surface area contributed by atoms with Gasteiger partial charge in [-0.05, 0) is 24.5 Å². The van der Waals surface area contributed by atoms with Gasteiger partial charge in [-0.2, -0.15) is 0 Å². The van der Waals surface area contributed by atoms with E-state index in [4.69, 9.17) is 4.74 Å². The number of fused-ring (bicyclic) bond motifs is 1. The number of hydrogen-bond donors (Lipinski definition) is 1. The zero-order chi connectivity index (χ0) is 12.1. The molecule has 0 radical (unpaired) electrons. The van der Waals surface area contributed by atoms with Crippen LogP contribution in [0.5, 0.6) is 5.75 Å². The molecule has 1 aromatic rings. The van der Waals surface area contributed by atoms with Crippen LogP contribution in [0.2, 0.25) is 0 Å². The Hall–Kier alpha value is -1.51. The Morgan fingerprint density at radius 1 is 1.47 bits per heavy atom. The van der Waals surface area contributed by atoms with Gasteiger partial charge in [-0.25, -0.2) is 0 Å². The quantitative estimate of drug-likeness (QED) is 0.866. The Kier molecular flexibility index (Phi) is 4.02. The van der Waals surface area contributed by atoms with Crippen molar-refractivity contribution < 1.29 is 9.53 Å². The highest BCUT2D eigenvalue weighted by atomic mass is 16.5. The van der Waals surface area contributed by atoms with Gasteiger partial charge in [-0.15, -0.1) is 0 Å². The van der Waals surface area contributed by atoms with E-state index in [-0.39, 0.29) is 11.9 Å². The number of carbonyl (C=O) groups excluding carboxylic acids is 1. The zero-order valence-corrected chi connectivity index (χ0v) is 10.2. The molecule has 3 heteroatoms. The van der Waals surface area contributed by atoms with Gasteiger partial charge >= 0.3 is 0 Å². The SMILES string of the molecule is CCCCC(=O)NC1COc2ccccc2C1. The van der Waals surface area contributed by atoms with Crippen LogP contribution in [0.15, 0.2) is 24.3 Å². The van der Waals surface area contributed by atoms with E-state index in [1.807, 2.05) is 18.2 Å². The third-order valence-electron chi connectivity index (χ3n) is 3.00. The van der Waals surface area contributed by atoms with Gasteiger partial charge in [0.15, 0.2) is 0 Å². The average Bonchev–Trinajstić information content (AvgIpc) is 2.36. The highest BCUT2D eigenvalue weighted by molar-refractivity contribution is 5.76. The van der Waals surface area contributed by atoms with E-state index in [9.17, 15) is 4.79 Å². The lowest BCUT2D eigenvalue weighted by molar-refractivity contribution is -0.122. The summed E-state index contributed by atoms with van der Waals surface area (Å²) in [5.74, 6) is 1.09. The summed E-state index contributed by atoms with van der Waals surface area (Å²) in [4.78, 5) is 11.6. The smallest absolute Gasteiger partial charge is 0.220 e. The van der Waals surface area contributed by atoms with Crippen LogP contribution in [0.25, 0.3) is 0 Å². The molecule has 1 heterocycles. The van der Waals surface area contributed by atoms with Crippen LogP contribution in [0.1, 0.15) is 31.7 Å². The minimum Gasteiger partial charge on any atom is -0.491 e. The fourth-order valence-electron chi connectivity index (χ4n) is 2.06. The first-order chi connectivity index (χ1) is 8.29. The van der Waals surface area contributed by atoms with Crippen LogP contribution in [-0.4, -0.2) is 18.6 Å². The maximum absolute atomic E-state index is 11.6. The van der Waals surface area contributed by atoms with Crippen LogP contribution in [0, 0.1) is 0 Å². The molecule has 1 unspecified atom stereocenters. The van der Waals surface area contributed by atoms with Gasteiger partial charge < -0.3 is 10.1 Å². The number of ether oxygens (including phenoxy) is 1. The summed E-state index contributed by atoms with van der Waals surface area (Å²) in [5.41, 5.74) is 1.18. The highest BCUT2D eigenvalue weighted by Gasteiger charge is 2.20. The molecule has 1 aliphatic heterocycles. The van der Waals surface area contributed by atoms with Gasteiger partial charge in [0.05, 0.1) is 6.04 Å². The Bertz CT molecular complexity index is 390. The van der Waals surface area contributed by atoms with Gasteiger partial charge in [0.1, 0.15) is 12.4 Å². The molecule has 0 aliphatic carbocycles. The van der Waals surface area contributed by atoms with E-state index in [0.29, 0.717) is 13.0 Å². The lowest BCUT2D eigenvalue weighted by Crippen LogP contribution is -2.42. The van der Waals surface area contributed by atoms with E-state index in [2.05, 4.69) is 18.3 Å². The number of unbranched alkanes of at least 4 members (excludes halogenated alkanes) is 1. The number of rotatable bonds is 4. The molecule has 1 atom stereocenters. The minimum atomic E-state index is 0.120. The van der Waals surface area contributed by atoms with Crippen molar-refractivity contribution in [3.63, 3.8) is 0 Å². The molecular formula is C14H19NO2. The van der Waals surface area contributed by atoms with E-state index >= 15 is 0 Å². The fourth-order valence-corrected chi connectivity index (χ4v) is 2.06. The summed E-state index contributed by atoms with van der Waals surface area (Å²) in [7, 11) is 0. The molecule has 0 fully saturated rings. The Morgan fingerprint density at radius 3 is 3.12 bits per heavy atom. The van der Waals surface area contributed by atoms with Crippen LogP contribution in [-0.2, 0) is 11.2 Å². The van der Waals surface area contributed by atoms with Crippen molar-refractivity contribution in [2.45, 2.75) is 38.6 Å². The Balaban J connectivity index is 1.88. The molecule has 2 rings (SSSR count). The number of hydrogen-bond acceptors (Lipinski definition) is 2. The van der Waals surface area contributed by atoms with Crippen LogP contribution in [0.3, 0.4) is 0 Å². The Labute approximate surface area is 102 Å². The topological polar surface area (TPSA) is 38.3 Å². The van der Waals surface area contributed by atoms with E-state index < -0.39 is 0 Å². The van der Waals surface area contributed by atoms with Crippen molar-refractivity contribution in [1.82, 2.24) is 5.32 Å². The van der Waals surface area contributed by atoms with E-state index in [1.54, 1.807) is 0 Å². The zero-order valence-electron chi connectivity index (χ0n) is 10.2. The molecule has 1 aliphatic rings. The number of benzene rings is 1. The number of nitrogens with one attached hydrogen (secondary N) is 1. The molecule has 0 saturated carbocycles. The second-order valence-corrected chi connectivity index (χ2v) is 4.49. The predicted molar refractivity (Wildman–Crippen MR) is 67.1 cm³/mol. The third kappa shape index (κ3) is 3.22. The van der Waals surface area contributed by atoms with Gasteiger partial charge in [0.2, 0.25) is 5.91 Å². The van der Waals surface area contributed by atoms with E-state index in [1.165, 1.54) is 5.56 Å². The number of carbonyl (C=O) groups is 1. The lowest BCUT2D eigenvalue weighted by atomic mass is 10.0. The summed E-state index contributed by atoms with van der Waals surface area (Å²) in [6.07, 6.45) is 3.50. The molecule has 0 aromatic heterocycles. The van der Waals surface area contributed by atoms with Gasteiger partial charge in [-0.3, -0.25) is 4.79 Å². The van der Waals surface area contributed by atoms with Crippen molar-refractivity contribution in [1.29, 1.82) is 0 Å². The maximum atomic E-state index is 11.6. The Morgan fingerprint density at radius 2 is 2.29 bits per heavy atom. The summed E-state index contributed by atoms with van der Waals surface area (Å²) >= 11 is 0. The molecule has 0 saturated heterocycles. The summed E-state index contributed by atoms with van der Waals surface area (Å²) in [5, 5.41) is 3.03. The van der Waals surface area contributed by atoms with Crippen molar-refractivity contribution in [2.75, 3.05) is 6.61 Å². The van der Waals surface area contributed by atoms with Gasteiger partial charge in [0.25, 0.3) is 0 Å². The monoisotopic (exact) mass is 233 g/mol. The molecule has 92 valence electrons. The summed E-state index contributed by atoms with van der Waals surface area (Å²) < 4.78 is 5.63. The number of para-hydroxylation sites is 1. The van der Waals surface area contributed by atoms with Crippen molar-refractivity contribution in [3.8, 4) is 5.75 Å². The molecule has 3 nitrogen and oxygen atoms in total. The molecule has 1 N–H and O–H groups in total. The second-order valence-electron chi connectivity index (χ2n) is 4.49. The van der Waals surface area contributed by atoms with Crippen LogP contribution >= 0.6 is 0 Å². The summed E-state index contributed by atoms with van der Waals surface area (Å²) in [6.45, 7) is 2.67. The second kappa shape index (κ2) is 5.71. The number of amides is 1. The molecular weight excluding hydrogens is 214 g/mol. The van der Waals surface area contributed by atoms with Gasteiger partial charge in [0, 0.05) is 6.42 Å². The minimum absolute atomic E-state index is 0.120. The summed E-state index contributed by atoms with van der Waals surface area (Å²) in [6, 6.07) is 8.13. The molecule has 0 bridgehead atoms. The first-order valence-electron chi connectivity index (χ1n) is 6.29. The molecule has 0 spiro atoms. The standard InChI is InChI=1S/C14H19NO2/c1-2-3-8-14(16)15-12-9-11-6-4-5-7-13(11)17-10-12/h4-7,12H,2-3,8-10H2,1H3,(H,15,16). The fraction of sp³-hybridized carbons (Fsp3) is 0.500. The third-order valence-corrected chi connectivity index (χ3v) is 3.00. The molecule has 1 amide bonds.